The van der Waals surface area contributed by atoms with Crippen LogP contribution >= 0.6 is 0 Å². The lowest BCUT2D eigenvalue weighted by atomic mass is 10.3. The fourth-order valence-corrected chi connectivity index (χ4v) is 3.19. The molecule has 7 heteroatoms. The van der Waals surface area contributed by atoms with E-state index in [4.69, 9.17) is 5.11 Å². The van der Waals surface area contributed by atoms with E-state index < -0.39 is 22.8 Å². The second kappa shape index (κ2) is 7.54. The second-order valence-electron chi connectivity index (χ2n) is 4.37. The number of hydrogen-bond donors (Lipinski definition) is 1. The van der Waals surface area contributed by atoms with E-state index in [2.05, 4.69) is 0 Å². The van der Waals surface area contributed by atoms with Crippen LogP contribution in [0.2, 0.25) is 0 Å². The number of halogens is 2. The van der Waals surface area contributed by atoms with E-state index >= 15 is 0 Å². The third-order valence-electron chi connectivity index (χ3n) is 2.76. The molecule has 1 N–H and O–H groups in total. The van der Waals surface area contributed by atoms with Gasteiger partial charge in [0.25, 0.3) is 6.43 Å². The molecule has 0 aliphatic carbocycles. The first-order chi connectivity index (χ1) is 9.40. The fourth-order valence-electron chi connectivity index (χ4n) is 1.86. The van der Waals surface area contributed by atoms with Gasteiger partial charge in [-0.25, -0.2) is 17.2 Å². The predicted molar refractivity (Wildman–Crippen MR) is 74.1 cm³/mol. The molecule has 0 saturated heterocycles. The van der Waals surface area contributed by atoms with Crippen molar-refractivity contribution in [1.29, 1.82) is 0 Å². The highest BCUT2D eigenvalue weighted by Crippen LogP contribution is 2.20. The van der Waals surface area contributed by atoms with Gasteiger partial charge in [0.05, 0.1) is 23.8 Å². The van der Waals surface area contributed by atoms with Gasteiger partial charge in [-0.05, 0) is 30.7 Å². The first-order valence-electron chi connectivity index (χ1n) is 6.37. The summed E-state index contributed by atoms with van der Waals surface area (Å²) in [6, 6.07) is 5.80. The number of rotatable bonds is 8. The summed E-state index contributed by atoms with van der Waals surface area (Å²) in [4.78, 5) is 1.50. The summed E-state index contributed by atoms with van der Waals surface area (Å²) in [6.07, 6.45) is -2.00. The summed E-state index contributed by atoms with van der Waals surface area (Å²) in [5, 5.41) is 8.88. The Balaban J connectivity index is 2.93. The summed E-state index contributed by atoms with van der Waals surface area (Å²) in [5.74, 6) is 0.0593. The largest absolute Gasteiger partial charge is 0.395 e. The van der Waals surface area contributed by atoms with Gasteiger partial charge in [0.2, 0.25) is 0 Å². The summed E-state index contributed by atoms with van der Waals surface area (Å²) in [5.41, 5.74) is 0.467. The summed E-state index contributed by atoms with van der Waals surface area (Å²) < 4.78 is 48.6. The van der Waals surface area contributed by atoms with E-state index in [1.54, 1.807) is 6.92 Å². The first kappa shape index (κ1) is 16.8. The van der Waals surface area contributed by atoms with Crippen LogP contribution in [-0.4, -0.2) is 45.4 Å². The number of nitrogens with zero attached hydrogens (tertiary/aromatic N) is 1. The van der Waals surface area contributed by atoms with Crippen LogP contribution in [0.3, 0.4) is 0 Å². The maximum Gasteiger partial charge on any atom is 0.255 e. The predicted octanol–water partition coefficient (Wildman–Crippen LogP) is 1.93. The van der Waals surface area contributed by atoms with E-state index in [-0.39, 0.29) is 23.8 Å². The Hall–Kier alpha value is -1.21. The Bertz CT molecular complexity index is 503. The Morgan fingerprint density at radius 3 is 2.30 bits per heavy atom. The molecule has 0 fully saturated rings. The molecule has 0 bridgehead atoms. The highest BCUT2D eigenvalue weighted by Gasteiger charge is 2.15. The molecule has 0 atom stereocenters. The number of benzene rings is 1. The Labute approximate surface area is 117 Å². The minimum absolute atomic E-state index is 0.0593. The zero-order valence-corrected chi connectivity index (χ0v) is 12.1. The maximum absolute atomic E-state index is 12.4. The lowest BCUT2D eigenvalue weighted by molar-refractivity contribution is 0.153. The molecule has 1 rings (SSSR count). The highest BCUT2D eigenvalue weighted by atomic mass is 32.2. The number of aliphatic hydroxyl groups is 1. The first-order valence-corrected chi connectivity index (χ1v) is 8.02. The molecular formula is C13H19F2NO3S. The molecule has 114 valence electrons. The average Bonchev–Trinajstić information content (AvgIpc) is 2.38. The van der Waals surface area contributed by atoms with Gasteiger partial charge in [0.15, 0.2) is 9.84 Å². The Kier molecular flexibility index (Phi) is 6.35. The van der Waals surface area contributed by atoms with E-state index in [0.717, 1.165) is 0 Å². The number of anilines is 1. The number of sulfone groups is 1. The molecule has 0 amide bonds. The lowest BCUT2D eigenvalue weighted by Gasteiger charge is -2.23. The van der Waals surface area contributed by atoms with Crippen molar-refractivity contribution in [2.75, 3.05) is 30.3 Å². The van der Waals surface area contributed by atoms with Crippen molar-refractivity contribution in [3.8, 4) is 0 Å². The molecule has 0 saturated carbocycles. The third-order valence-corrected chi connectivity index (χ3v) is 4.70. The number of alkyl halides is 2. The van der Waals surface area contributed by atoms with Crippen LogP contribution in [0.4, 0.5) is 14.5 Å². The van der Waals surface area contributed by atoms with Gasteiger partial charge >= 0.3 is 0 Å². The van der Waals surface area contributed by atoms with Crippen LogP contribution < -0.4 is 4.90 Å². The van der Waals surface area contributed by atoms with E-state index in [1.165, 1.54) is 29.2 Å². The van der Waals surface area contributed by atoms with Crippen LogP contribution in [0, 0.1) is 0 Å². The van der Waals surface area contributed by atoms with Gasteiger partial charge in [-0.1, -0.05) is 6.92 Å². The van der Waals surface area contributed by atoms with Gasteiger partial charge in [-0.15, -0.1) is 0 Å². The molecule has 20 heavy (non-hydrogen) atoms. The molecule has 0 aliphatic heterocycles. The Morgan fingerprint density at radius 2 is 1.85 bits per heavy atom. The van der Waals surface area contributed by atoms with Crippen molar-refractivity contribution < 1.29 is 22.3 Å². The van der Waals surface area contributed by atoms with Crippen LogP contribution in [0.1, 0.15) is 13.3 Å². The van der Waals surface area contributed by atoms with E-state index in [9.17, 15) is 17.2 Å². The molecule has 4 nitrogen and oxygen atoms in total. The van der Waals surface area contributed by atoms with Gasteiger partial charge < -0.3 is 10.0 Å². The van der Waals surface area contributed by atoms with Crippen molar-refractivity contribution in [3.63, 3.8) is 0 Å². The fraction of sp³-hybridized carbons (Fsp3) is 0.538. The van der Waals surface area contributed by atoms with Crippen molar-refractivity contribution >= 4 is 15.5 Å². The van der Waals surface area contributed by atoms with Gasteiger partial charge in [-0.3, -0.25) is 0 Å². The van der Waals surface area contributed by atoms with Crippen LogP contribution in [0.25, 0.3) is 0 Å². The van der Waals surface area contributed by atoms with Crippen molar-refractivity contribution in [1.82, 2.24) is 0 Å². The van der Waals surface area contributed by atoms with E-state index in [0.29, 0.717) is 12.1 Å². The lowest BCUT2D eigenvalue weighted by Crippen LogP contribution is -2.31. The number of hydrogen-bond acceptors (Lipinski definition) is 4. The zero-order chi connectivity index (χ0) is 15.2. The number of aliphatic hydroxyl groups excluding tert-OH is 1. The monoisotopic (exact) mass is 307 g/mol. The molecule has 0 heterocycles. The topological polar surface area (TPSA) is 57.6 Å². The third kappa shape index (κ3) is 4.72. The molecule has 0 radical (unpaired) electrons. The molecule has 0 aliphatic rings. The van der Waals surface area contributed by atoms with E-state index in [1.807, 2.05) is 0 Å². The average molecular weight is 307 g/mol. The minimum atomic E-state index is -3.30. The normalized spacial score (nSPS) is 11.8. The van der Waals surface area contributed by atoms with Crippen molar-refractivity contribution in [2.45, 2.75) is 24.7 Å². The highest BCUT2D eigenvalue weighted by molar-refractivity contribution is 7.91. The summed E-state index contributed by atoms with van der Waals surface area (Å²) in [6.45, 7) is 1.10. The quantitative estimate of drug-likeness (QED) is 0.797. The standard InChI is InChI=1S/C13H19F2NO3S/c1-2-9-20(18,19)12-5-3-11(4-6-12)16(7-8-17)10-13(14)15/h3-6,13,17H,2,7-10H2,1H3. The van der Waals surface area contributed by atoms with Crippen molar-refractivity contribution in [3.05, 3.63) is 24.3 Å². The second-order valence-corrected chi connectivity index (χ2v) is 6.48. The van der Waals surface area contributed by atoms with Gasteiger partial charge in [0.1, 0.15) is 0 Å². The van der Waals surface area contributed by atoms with Gasteiger partial charge in [0, 0.05) is 12.2 Å². The zero-order valence-electron chi connectivity index (χ0n) is 11.3. The van der Waals surface area contributed by atoms with Crippen LogP contribution in [0.15, 0.2) is 29.2 Å². The summed E-state index contributed by atoms with van der Waals surface area (Å²) >= 11 is 0. The SMILES string of the molecule is CCCS(=O)(=O)c1ccc(N(CCO)CC(F)F)cc1. The smallest absolute Gasteiger partial charge is 0.255 e. The van der Waals surface area contributed by atoms with Crippen LogP contribution in [0.5, 0.6) is 0 Å². The molecular weight excluding hydrogens is 288 g/mol. The van der Waals surface area contributed by atoms with Gasteiger partial charge in [-0.2, -0.15) is 0 Å². The van der Waals surface area contributed by atoms with Crippen LogP contribution in [-0.2, 0) is 9.84 Å². The molecule has 1 aromatic carbocycles. The Morgan fingerprint density at radius 1 is 1.25 bits per heavy atom. The molecule has 1 aromatic rings. The molecule has 0 spiro atoms. The minimum Gasteiger partial charge on any atom is -0.395 e. The van der Waals surface area contributed by atoms with Crippen molar-refractivity contribution in [2.24, 2.45) is 0 Å². The molecule has 0 aromatic heterocycles. The molecule has 0 unspecified atom stereocenters. The maximum atomic E-state index is 12.4. The summed E-state index contributed by atoms with van der Waals surface area (Å²) in [7, 11) is -3.30.